The van der Waals surface area contributed by atoms with Gasteiger partial charge >= 0.3 is 11.8 Å². The van der Waals surface area contributed by atoms with Crippen LogP contribution in [-0.4, -0.2) is 16.8 Å². The number of hydrogen-bond acceptors (Lipinski definition) is 3. The van der Waals surface area contributed by atoms with E-state index in [0.717, 1.165) is 10.9 Å². The first kappa shape index (κ1) is 17.2. The number of nitrogens with one attached hydrogen (secondary N) is 2. The van der Waals surface area contributed by atoms with Crippen LogP contribution in [0.3, 0.4) is 0 Å². The Morgan fingerprint density at radius 1 is 1.00 bits per heavy atom. The van der Waals surface area contributed by atoms with Crippen LogP contribution in [0.4, 0.5) is 5.69 Å². The molecule has 5 nitrogen and oxygen atoms in total. The van der Waals surface area contributed by atoms with Crippen molar-refractivity contribution in [3.63, 3.8) is 0 Å². The van der Waals surface area contributed by atoms with Gasteiger partial charge in [0, 0.05) is 22.0 Å². The second kappa shape index (κ2) is 7.51. The summed E-state index contributed by atoms with van der Waals surface area (Å²) >= 11 is 11.9. The fraction of sp³-hybridized carbons (Fsp3) is 0.0556. The molecule has 126 valence electrons. The molecule has 0 spiro atoms. The Balaban J connectivity index is 1.62. The third kappa shape index (κ3) is 4.26. The maximum absolute atomic E-state index is 12.0. The Morgan fingerprint density at radius 2 is 1.80 bits per heavy atom. The highest BCUT2D eigenvalue weighted by Crippen LogP contribution is 2.20. The maximum atomic E-state index is 12.0. The molecule has 0 bridgehead atoms. The summed E-state index contributed by atoms with van der Waals surface area (Å²) in [5, 5.41) is 6.84. The van der Waals surface area contributed by atoms with E-state index < -0.39 is 11.8 Å². The molecular weight excluding hydrogens is 361 g/mol. The number of anilines is 1. The van der Waals surface area contributed by atoms with Gasteiger partial charge in [-0.15, -0.1) is 0 Å². The molecule has 0 saturated heterocycles. The lowest BCUT2D eigenvalue weighted by molar-refractivity contribution is -0.136. The number of para-hydroxylation sites is 1. The van der Waals surface area contributed by atoms with Crippen molar-refractivity contribution in [2.24, 2.45) is 0 Å². The first-order chi connectivity index (χ1) is 12.0. The van der Waals surface area contributed by atoms with Crippen molar-refractivity contribution in [2.45, 2.75) is 6.54 Å². The third-order valence-corrected chi connectivity index (χ3v) is 4.10. The predicted molar refractivity (Wildman–Crippen MR) is 98.7 cm³/mol. The molecule has 0 unspecified atom stereocenters. The first-order valence-electron chi connectivity index (χ1n) is 7.41. The molecule has 0 saturated carbocycles. The number of carbonyl (C=O) groups is 2. The monoisotopic (exact) mass is 373 g/mol. The van der Waals surface area contributed by atoms with Crippen LogP contribution >= 0.6 is 23.2 Å². The summed E-state index contributed by atoms with van der Waals surface area (Å²) in [4.78, 5) is 28.2. The number of halogens is 2. The lowest BCUT2D eigenvalue weighted by atomic mass is 10.2. The molecule has 3 rings (SSSR count). The SMILES string of the molecule is O=C(NCc1ccc(Cl)cc1Cl)C(=O)Nc1cnc2ccccc2c1. The Hall–Kier alpha value is -2.63. The molecule has 0 aliphatic heterocycles. The van der Waals surface area contributed by atoms with Crippen LogP contribution in [-0.2, 0) is 16.1 Å². The van der Waals surface area contributed by atoms with Gasteiger partial charge in [0.25, 0.3) is 0 Å². The van der Waals surface area contributed by atoms with Crippen molar-refractivity contribution < 1.29 is 9.59 Å². The van der Waals surface area contributed by atoms with Gasteiger partial charge in [0.05, 0.1) is 17.4 Å². The van der Waals surface area contributed by atoms with Crippen LogP contribution < -0.4 is 10.6 Å². The highest BCUT2D eigenvalue weighted by molar-refractivity contribution is 6.39. The normalized spacial score (nSPS) is 10.5. The molecule has 0 atom stereocenters. The largest absolute Gasteiger partial charge is 0.344 e. The molecule has 7 heteroatoms. The number of fused-ring (bicyclic) bond motifs is 1. The summed E-state index contributed by atoms with van der Waals surface area (Å²) in [6, 6.07) is 14.2. The van der Waals surface area contributed by atoms with Gasteiger partial charge in [-0.2, -0.15) is 0 Å². The first-order valence-corrected chi connectivity index (χ1v) is 8.16. The maximum Gasteiger partial charge on any atom is 0.313 e. The van der Waals surface area contributed by atoms with Crippen LogP contribution in [0.1, 0.15) is 5.56 Å². The van der Waals surface area contributed by atoms with Gasteiger partial charge in [0.1, 0.15) is 0 Å². The quantitative estimate of drug-likeness (QED) is 0.685. The summed E-state index contributed by atoms with van der Waals surface area (Å²) in [6.45, 7) is 0.123. The zero-order valence-corrected chi connectivity index (χ0v) is 14.4. The van der Waals surface area contributed by atoms with Gasteiger partial charge in [-0.25, -0.2) is 0 Å². The molecule has 0 aliphatic rings. The average molecular weight is 374 g/mol. The van der Waals surface area contributed by atoms with Gasteiger partial charge in [-0.05, 0) is 29.8 Å². The van der Waals surface area contributed by atoms with Gasteiger partial charge < -0.3 is 10.6 Å². The Bertz CT molecular complexity index is 960. The number of benzene rings is 2. The number of carbonyl (C=O) groups excluding carboxylic acids is 2. The van der Waals surface area contributed by atoms with Crippen LogP contribution in [0.2, 0.25) is 10.0 Å². The van der Waals surface area contributed by atoms with Gasteiger partial charge in [0.2, 0.25) is 0 Å². The topological polar surface area (TPSA) is 71.1 Å². The van der Waals surface area contributed by atoms with E-state index >= 15 is 0 Å². The van der Waals surface area contributed by atoms with Crippen molar-refractivity contribution in [1.29, 1.82) is 0 Å². The van der Waals surface area contributed by atoms with Gasteiger partial charge in [0.15, 0.2) is 0 Å². The molecule has 2 amide bonds. The Labute approximate surface area is 154 Å². The number of amides is 2. The number of pyridine rings is 1. The molecule has 0 radical (unpaired) electrons. The van der Waals surface area contributed by atoms with Crippen molar-refractivity contribution in [3.05, 3.63) is 70.3 Å². The molecule has 3 aromatic rings. The lowest BCUT2D eigenvalue weighted by Crippen LogP contribution is -2.35. The molecule has 2 aromatic carbocycles. The molecule has 25 heavy (non-hydrogen) atoms. The van der Waals surface area contributed by atoms with E-state index in [1.165, 1.54) is 6.20 Å². The van der Waals surface area contributed by atoms with E-state index in [1.54, 1.807) is 24.3 Å². The average Bonchev–Trinajstić information content (AvgIpc) is 2.60. The minimum Gasteiger partial charge on any atom is -0.344 e. The van der Waals surface area contributed by atoms with Crippen molar-refractivity contribution >= 4 is 51.6 Å². The van der Waals surface area contributed by atoms with Crippen LogP contribution in [0.15, 0.2) is 54.7 Å². The zero-order valence-electron chi connectivity index (χ0n) is 12.9. The molecule has 0 fully saturated rings. The van der Waals surface area contributed by atoms with E-state index in [4.69, 9.17) is 23.2 Å². The van der Waals surface area contributed by atoms with Crippen molar-refractivity contribution in [1.82, 2.24) is 10.3 Å². The van der Waals surface area contributed by atoms with Gasteiger partial charge in [-0.1, -0.05) is 47.5 Å². The van der Waals surface area contributed by atoms with E-state index in [1.807, 2.05) is 24.3 Å². The number of hydrogen-bond donors (Lipinski definition) is 2. The van der Waals surface area contributed by atoms with Crippen LogP contribution in [0, 0.1) is 0 Å². The van der Waals surface area contributed by atoms with Crippen LogP contribution in [0.5, 0.6) is 0 Å². The fourth-order valence-corrected chi connectivity index (χ4v) is 2.72. The predicted octanol–water partition coefficient (Wildman–Crippen LogP) is 3.80. The highest BCUT2D eigenvalue weighted by atomic mass is 35.5. The third-order valence-electron chi connectivity index (χ3n) is 3.51. The summed E-state index contributed by atoms with van der Waals surface area (Å²) in [5.41, 5.74) is 1.92. The van der Waals surface area contributed by atoms with Crippen molar-refractivity contribution in [2.75, 3.05) is 5.32 Å². The second-order valence-corrected chi connectivity index (χ2v) is 6.13. The van der Waals surface area contributed by atoms with E-state index in [-0.39, 0.29) is 6.54 Å². The zero-order chi connectivity index (χ0) is 17.8. The second-order valence-electron chi connectivity index (χ2n) is 5.29. The fourth-order valence-electron chi connectivity index (χ4n) is 2.25. The van der Waals surface area contributed by atoms with E-state index in [2.05, 4.69) is 15.6 Å². The molecular formula is C18H13Cl2N3O2. The van der Waals surface area contributed by atoms with E-state index in [0.29, 0.717) is 21.3 Å². The number of nitrogens with zero attached hydrogens (tertiary/aromatic N) is 1. The minimum absolute atomic E-state index is 0.123. The van der Waals surface area contributed by atoms with Crippen LogP contribution in [0.25, 0.3) is 10.9 Å². The van der Waals surface area contributed by atoms with E-state index in [9.17, 15) is 9.59 Å². The number of rotatable bonds is 3. The smallest absolute Gasteiger partial charge is 0.313 e. The molecule has 0 aliphatic carbocycles. The standard InChI is InChI=1S/C18H13Cl2N3O2/c19-13-6-5-12(15(20)8-13)9-22-17(24)18(25)23-14-7-11-3-1-2-4-16(11)21-10-14/h1-8,10H,9H2,(H,22,24)(H,23,25). The molecule has 1 aromatic heterocycles. The van der Waals surface area contributed by atoms with Gasteiger partial charge in [-0.3, -0.25) is 14.6 Å². The Kier molecular flexibility index (Phi) is 5.16. The minimum atomic E-state index is -0.776. The Morgan fingerprint density at radius 3 is 2.60 bits per heavy atom. The highest BCUT2D eigenvalue weighted by Gasteiger charge is 2.14. The summed E-state index contributed by atoms with van der Waals surface area (Å²) in [6.07, 6.45) is 1.50. The summed E-state index contributed by atoms with van der Waals surface area (Å²) in [5.74, 6) is -1.54. The summed E-state index contributed by atoms with van der Waals surface area (Å²) < 4.78 is 0. The summed E-state index contributed by atoms with van der Waals surface area (Å²) in [7, 11) is 0. The molecule has 1 heterocycles. The van der Waals surface area contributed by atoms with Crippen molar-refractivity contribution in [3.8, 4) is 0 Å². The number of aromatic nitrogens is 1. The lowest BCUT2D eigenvalue weighted by Gasteiger charge is -2.08. The molecule has 2 N–H and O–H groups in total.